The standard InChI is InChI=1S/C10H12BrFN2O.ClH/c1-13-6-10(15)14-5-7-4-8(12)2-3-9(7)11;/h2-4,13H,5-6H2,1H3,(H,14,15);1H. The van der Waals surface area contributed by atoms with Gasteiger partial charge in [-0.25, -0.2) is 4.39 Å². The van der Waals surface area contributed by atoms with E-state index in [2.05, 4.69) is 26.6 Å². The largest absolute Gasteiger partial charge is 0.351 e. The Morgan fingerprint density at radius 1 is 1.50 bits per heavy atom. The molecule has 0 aliphatic carbocycles. The van der Waals surface area contributed by atoms with E-state index in [1.807, 2.05) is 0 Å². The van der Waals surface area contributed by atoms with Crippen molar-refractivity contribution < 1.29 is 9.18 Å². The second-order valence-corrected chi connectivity index (χ2v) is 3.90. The van der Waals surface area contributed by atoms with Gasteiger partial charge in [0.15, 0.2) is 0 Å². The molecule has 0 aromatic heterocycles. The molecule has 0 aliphatic heterocycles. The molecule has 0 heterocycles. The minimum atomic E-state index is -0.309. The Labute approximate surface area is 108 Å². The van der Waals surface area contributed by atoms with Crippen LogP contribution in [0.2, 0.25) is 0 Å². The van der Waals surface area contributed by atoms with Gasteiger partial charge >= 0.3 is 0 Å². The molecule has 0 saturated heterocycles. The first-order valence-electron chi connectivity index (χ1n) is 4.48. The van der Waals surface area contributed by atoms with Gasteiger partial charge in [0.25, 0.3) is 0 Å². The normalized spacial score (nSPS) is 9.44. The van der Waals surface area contributed by atoms with Crippen LogP contribution in [-0.2, 0) is 11.3 Å². The van der Waals surface area contributed by atoms with Gasteiger partial charge in [0.05, 0.1) is 6.54 Å². The van der Waals surface area contributed by atoms with E-state index in [4.69, 9.17) is 0 Å². The van der Waals surface area contributed by atoms with Gasteiger partial charge in [-0.05, 0) is 30.8 Å². The van der Waals surface area contributed by atoms with Crippen LogP contribution in [0.5, 0.6) is 0 Å². The van der Waals surface area contributed by atoms with Gasteiger partial charge in [-0.3, -0.25) is 4.79 Å². The number of amides is 1. The van der Waals surface area contributed by atoms with Crippen LogP contribution in [0.4, 0.5) is 4.39 Å². The molecule has 6 heteroatoms. The number of halogens is 3. The van der Waals surface area contributed by atoms with Crippen LogP contribution in [0.25, 0.3) is 0 Å². The summed E-state index contributed by atoms with van der Waals surface area (Å²) >= 11 is 3.29. The summed E-state index contributed by atoms with van der Waals surface area (Å²) in [6, 6.07) is 4.38. The Bertz CT molecular complexity index is 363. The van der Waals surface area contributed by atoms with Gasteiger partial charge < -0.3 is 10.6 Å². The predicted molar refractivity (Wildman–Crippen MR) is 67.1 cm³/mol. The summed E-state index contributed by atoms with van der Waals surface area (Å²) in [4.78, 5) is 11.1. The third kappa shape index (κ3) is 4.92. The van der Waals surface area contributed by atoms with Crippen LogP contribution in [0.15, 0.2) is 22.7 Å². The Kier molecular flexibility index (Phi) is 7.29. The van der Waals surface area contributed by atoms with Crippen LogP contribution in [0.1, 0.15) is 5.56 Å². The van der Waals surface area contributed by atoms with E-state index in [9.17, 15) is 9.18 Å². The zero-order valence-corrected chi connectivity index (χ0v) is 11.1. The first kappa shape index (κ1) is 15.3. The quantitative estimate of drug-likeness (QED) is 0.891. The monoisotopic (exact) mass is 310 g/mol. The summed E-state index contributed by atoms with van der Waals surface area (Å²) in [5.74, 6) is -0.426. The molecule has 0 fully saturated rings. The van der Waals surface area contributed by atoms with Crippen LogP contribution in [-0.4, -0.2) is 19.5 Å². The Morgan fingerprint density at radius 2 is 2.19 bits per heavy atom. The highest BCUT2D eigenvalue weighted by molar-refractivity contribution is 9.10. The van der Waals surface area contributed by atoms with Gasteiger partial charge in [0, 0.05) is 11.0 Å². The maximum absolute atomic E-state index is 12.9. The maximum Gasteiger partial charge on any atom is 0.234 e. The lowest BCUT2D eigenvalue weighted by molar-refractivity contribution is -0.120. The number of nitrogens with one attached hydrogen (secondary N) is 2. The third-order valence-corrected chi connectivity index (χ3v) is 2.59. The molecular formula is C10H13BrClFN2O. The summed E-state index contributed by atoms with van der Waals surface area (Å²) in [5, 5.41) is 5.40. The molecule has 0 unspecified atom stereocenters. The van der Waals surface area contributed by atoms with Gasteiger partial charge in [0.1, 0.15) is 5.82 Å². The second-order valence-electron chi connectivity index (χ2n) is 3.04. The van der Waals surface area contributed by atoms with Crippen molar-refractivity contribution in [2.75, 3.05) is 13.6 Å². The van der Waals surface area contributed by atoms with Crippen molar-refractivity contribution in [2.24, 2.45) is 0 Å². The molecule has 16 heavy (non-hydrogen) atoms. The molecule has 0 spiro atoms. The van der Waals surface area contributed by atoms with Crippen LogP contribution in [0.3, 0.4) is 0 Å². The van der Waals surface area contributed by atoms with E-state index in [0.717, 1.165) is 10.0 Å². The average Bonchev–Trinajstić information content (AvgIpc) is 2.20. The van der Waals surface area contributed by atoms with E-state index >= 15 is 0 Å². The predicted octanol–water partition coefficient (Wildman–Crippen LogP) is 1.85. The maximum atomic E-state index is 12.9. The smallest absolute Gasteiger partial charge is 0.234 e. The van der Waals surface area contributed by atoms with Crippen molar-refractivity contribution >= 4 is 34.2 Å². The number of carbonyl (C=O) groups is 1. The van der Waals surface area contributed by atoms with Crippen LogP contribution < -0.4 is 10.6 Å². The van der Waals surface area contributed by atoms with E-state index in [1.165, 1.54) is 12.1 Å². The zero-order chi connectivity index (χ0) is 11.3. The highest BCUT2D eigenvalue weighted by Crippen LogP contribution is 2.17. The number of rotatable bonds is 4. The van der Waals surface area contributed by atoms with Gasteiger partial charge in [-0.15, -0.1) is 12.4 Å². The zero-order valence-electron chi connectivity index (χ0n) is 8.72. The average molecular weight is 312 g/mol. The molecule has 3 nitrogen and oxygen atoms in total. The van der Waals surface area contributed by atoms with Crippen molar-refractivity contribution in [2.45, 2.75) is 6.54 Å². The Hall–Kier alpha value is -0.650. The number of benzene rings is 1. The van der Waals surface area contributed by atoms with Crippen molar-refractivity contribution in [3.63, 3.8) is 0 Å². The molecule has 1 aromatic carbocycles. The lowest BCUT2D eigenvalue weighted by Crippen LogP contribution is -2.31. The Morgan fingerprint density at radius 3 is 2.81 bits per heavy atom. The van der Waals surface area contributed by atoms with Crippen molar-refractivity contribution in [1.82, 2.24) is 10.6 Å². The van der Waals surface area contributed by atoms with Crippen molar-refractivity contribution in [1.29, 1.82) is 0 Å². The van der Waals surface area contributed by atoms with E-state index < -0.39 is 0 Å². The minimum Gasteiger partial charge on any atom is -0.351 e. The fraction of sp³-hybridized carbons (Fsp3) is 0.300. The molecule has 0 atom stereocenters. The number of likely N-dealkylation sites (N-methyl/N-ethyl adjacent to an activating group) is 1. The molecule has 0 bridgehead atoms. The van der Waals surface area contributed by atoms with Gasteiger partial charge in [-0.2, -0.15) is 0 Å². The lowest BCUT2D eigenvalue weighted by Gasteiger charge is -2.06. The van der Waals surface area contributed by atoms with Crippen LogP contribution >= 0.6 is 28.3 Å². The fourth-order valence-corrected chi connectivity index (χ4v) is 1.48. The minimum absolute atomic E-state index is 0. The first-order valence-corrected chi connectivity index (χ1v) is 5.28. The molecule has 1 aromatic rings. The second kappa shape index (κ2) is 7.60. The van der Waals surface area contributed by atoms with E-state index in [0.29, 0.717) is 6.54 Å². The molecule has 1 amide bonds. The molecule has 0 radical (unpaired) electrons. The third-order valence-electron chi connectivity index (χ3n) is 1.82. The number of hydrogen-bond donors (Lipinski definition) is 2. The molecule has 0 aliphatic rings. The van der Waals surface area contributed by atoms with Crippen molar-refractivity contribution in [3.05, 3.63) is 34.1 Å². The summed E-state index contributed by atoms with van der Waals surface area (Å²) < 4.78 is 13.7. The molecule has 1 rings (SSSR count). The van der Waals surface area contributed by atoms with E-state index in [-0.39, 0.29) is 30.7 Å². The highest BCUT2D eigenvalue weighted by Gasteiger charge is 2.03. The summed E-state index contributed by atoms with van der Waals surface area (Å²) in [5.41, 5.74) is 0.722. The van der Waals surface area contributed by atoms with Gasteiger partial charge in [-0.1, -0.05) is 15.9 Å². The number of hydrogen-bond acceptors (Lipinski definition) is 2. The summed E-state index contributed by atoms with van der Waals surface area (Å²) in [6.45, 7) is 0.575. The molecular weight excluding hydrogens is 298 g/mol. The molecule has 90 valence electrons. The van der Waals surface area contributed by atoms with Crippen molar-refractivity contribution in [3.8, 4) is 0 Å². The van der Waals surface area contributed by atoms with Gasteiger partial charge in [0.2, 0.25) is 5.91 Å². The SMILES string of the molecule is CNCC(=O)NCc1cc(F)ccc1Br.Cl. The Balaban J connectivity index is 0.00000225. The number of carbonyl (C=O) groups excluding carboxylic acids is 1. The summed E-state index contributed by atoms with van der Waals surface area (Å²) in [7, 11) is 1.69. The fourth-order valence-electron chi connectivity index (χ4n) is 1.10. The molecule has 0 saturated carbocycles. The van der Waals surface area contributed by atoms with E-state index in [1.54, 1.807) is 13.1 Å². The van der Waals surface area contributed by atoms with Crippen LogP contribution in [0, 0.1) is 5.82 Å². The lowest BCUT2D eigenvalue weighted by atomic mass is 10.2. The highest BCUT2D eigenvalue weighted by atomic mass is 79.9. The summed E-state index contributed by atoms with van der Waals surface area (Å²) in [6.07, 6.45) is 0. The topological polar surface area (TPSA) is 41.1 Å². The first-order chi connectivity index (χ1) is 7.13. The molecule has 2 N–H and O–H groups in total.